The highest BCUT2D eigenvalue weighted by molar-refractivity contribution is 6.07. The number of rotatable bonds is 7. The van der Waals surface area contributed by atoms with Gasteiger partial charge in [0.05, 0.1) is 5.41 Å². The van der Waals surface area contributed by atoms with Gasteiger partial charge in [-0.1, -0.05) is 84.4 Å². The van der Waals surface area contributed by atoms with Gasteiger partial charge in [0.1, 0.15) is 0 Å². The van der Waals surface area contributed by atoms with Crippen molar-refractivity contribution < 1.29 is 4.79 Å². The van der Waals surface area contributed by atoms with Gasteiger partial charge in [-0.2, -0.15) is 0 Å². The molecule has 0 aliphatic rings. The first kappa shape index (κ1) is 21.0. The number of carbonyl (C=O) groups excluding carboxylic acids is 1. The van der Waals surface area contributed by atoms with Gasteiger partial charge >= 0.3 is 0 Å². The molecule has 0 saturated carbocycles. The molecule has 0 aliphatic heterocycles. The van der Waals surface area contributed by atoms with Gasteiger partial charge in [-0.3, -0.25) is 4.79 Å². The van der Waals surface area contributed by atoms with Crippen LogP contribution in [0, 0.1) is 13.8 Å². The highest BCUT2D eigenvalue weighted by Crippen LogP contribution is 2.41. The Labute approximate surface area is 175 Å². The Morgan fingerprint density at radius 3 is 1.83 bits per heavy atom. The molecule has 3 aromatic carbocycles. The molecule has 3 rings (SSSR count). The molecule has 3 aromatic rings. The van der Waals surface area contributed by atoms with Crippen molar-refractivity contribution in [2.75, 3.05) is 14.1 Å². The summed E-state index contributed by atoms with van der Waals surface area (Å²) >= 11 is 0. The molecular weight excluding hydrogens is 354 g/mol. The van der Waals surface area contributed by atoms with E-state index in [0.29, 0.717) is 6.42 Å². The van der Waals surface area contributed by atoms with Crippen LogP contribution in [0.25, 0.3) is 0 Å². The van der Waals surface area contributed by atoms with Crippen molar-refractivity contribution in [1.29, 1.82) is 0 Å². The third kappa shape index (κ3) is 4.18. The standard InChI is InChI=1S/C27H31NO/c1-20-16-17-25(21(2)18-20)26(29)27(19-22(3)28(4)5,23-12-8-6-9-13-23)24-14-10-7-11-15-24/h6-18,22H,19H2,1-5H3/t22-/m0/s1. The van der Waals surface area contributed by atoms with Crippen molar-refractivity contribution in [3.8, 4) is 0 Å². The van der Waals surface area contributed by atoms with E-state index in [4.69, 9.17) is 0 Å². The molecule has 0 aliphatic carbocycles. The molecule has 0 saturated heterocycles. The lowest BCUT2D eigenvalue weighted by Gasteiger charge is -2.38. The van der Waals surface area contributed by atoms with E-state index in [1.165, 1.54) is 5.56 Å². The lowest BCUT2D eigenvalue weighted by molar-refractivity contribution is 0.0881. The van der Waals surface area contributed by atoms with Crippen molar-refractivity contribution in [3.05, 3.63) is 107 Å². The number of ketones is 1. The fourth-order valence-corrected chi connectivity index (χ4v) is 4.13. The average Bonchev–Trinajstić information content (AvgIpc) is 2.72. The number of benzene rings is 3. The first-order valence-electron chi connectivity index (χ1n) is 10.3. The minimum absolute atomic E-state index is 0.168. The fourth-order valence-electron chi connectivity index (χ4n) is 4.13. The van der Waals surface area contributed by atoms with Gasteiger partial charge in [-0.05, 0) is 58.0 Å². The predicted molar refractivity (Wildman–Crippen MR) is 122 cm³/mol. The van der Waals surface area contributed by atoms with E-state index in [0.717, 1.165) is 22.3 Å². The molecular formula is C27H31NO. The molecule has 1 atom stereocenters. The summed E-state index contributed by atoms with van der Waals surface area (Å²) in [6.07, 6.45) is 0.709. The maximum atomic E-state index is 14.3. The summed E-state index contributed by atoms with van der Waals surface area (Å²) in [5, 5.41) is 0. The molecule has 0 amide bonds. The Balaban J connectivity index is 2.30. The van der Waals surface area contributed by atoms with Crippen molar-refractivity contribution in [2.45, 2.75) is 38.6 Å². The van der Waals surface area contributed by atoms with Crippen LogP contribution in [-0.4, -0.2) is 30.8 Å². The number of hydrogen-bond donors (Lipinski definition) is 0. The van der Waals surface area contributed by atoms with Gasteiger partial charge in [-0.15, -0.1) is 0 Å². The SMILES string of the molecule is Cc1ccc(C(=O)C(C[C@H](C)N(C)C)(c2ccccc2)c2ccccc2)c(C)c1. The average molecular weight is 386 g/mol. The van der Waals surface area contributed by atoms with Gasteiger partial charge in [-0.25, -0.2) is 0 Å². The van der Waals surface area contributed by atoms with Crippen LogP contribution < -0.4 is 0 Å². The summed E-state index contributed by atoms with van der Waals surface area (Å²) in [6.45, 7) is 6.29. The Hall–Kier alpha value is -2.71. The molecule has 0 fully saturated rings. The molecule has 0 heterocycles. The van der Waals surface area contributed by atoms with Crippen LogP contribution >= 0.6 is 0 Å². The predicted octanol–water partition coefficient (Wildman–Crippen LogP) is 5.81. The zero-order valence-electron chi connectivity index (χ0n) is 18.1. The van der Waals surface area contributed by atoms with Crippen LogP contribution in [0.4, 0.5) is 0 Å². The largest absolute Gasteiger partial charge is 0.307 e. The lowest BCUT2D eigenvalue weighted by atomic mass is 9.65. The van der Waals surface area contributed by atoms with Gasteiger partial charge in [0.25, 0.3) is 0 Å². The second-order valence-corrected chi connectivity index (χ2v) is 8.30. The highest BCUT2D eigenvalue weighted by atomic mass is 16.1. The number of hydrogen-bond acceptors (Lipinski definition) is 2. The maximum Gasteiger partial charge on any atom is 0.178 e. The number of carbonyl (C=O) groups is 1. The number of nitrogens with zero attached hydrogens (tertiary/aromatic N) is 1. The molecule has 150 valence electrons. The third-order valence-electron chi connectivity index (χ3n) is 6.03. The molecule has 0 aromatic heterocycles. The second-order valence-electron chi connectivity index (χ2n) is 8.30. The summed E-state index contributed by atoms with van der Waals surface area (Å²) in [6, 6.07) is 26.9. The molecule has 0 bridgehead atoms. The summed E-state index contributed by atoms with van der Waals surface area (Å²) in [7, 11) is 4.15. The Morgan fingerprint density at radius 2 is 1.38 bits per heavy atom. The fraction of sp³-hybridized carbons (Fsp3) is 0.296. The Bertz CT molecular complexity index is 921. The van der Waals surface area contributed by atoms with Crippen molar-refractivity contribution in [1.82, 2.24) is 4.90 Å². The van der Waals surface area contributed by atoms with Gasteiger partial charge in [0.2, 0.25) is 0 Å². The first-order chi connectivity index (χ1) is 13.9. The van der Waals surface area contributed by atoms with Crippen molar-refractivity contribution in [3.63, 3.8) is 0 Å². The second kappa shape index (κ2) is 8.75. The first-order valence-corrected chi connectivity index (χ1v) is 10.3. The van der Waals surface area contributed by atoms with Crippen molar-refractivity contribution >= 4 is 5.78 Å². The highest BCUT2D eigenvalue weighted by Gasteiger charge is 2.44. The number of aryl methyl sites for hydroxylation is 2. The Kier molecular flexibility index (Phi) is 6.34. The van der Waals surface area contributed by atoms with Crippen LogP contribution in [0.1, 0.15) is 46.0 Å². The lowest BCUT2D eigenvalue weighted by Crippen LogP contribution is -2.43. The van der Waals surface area contributed by atoms with Crippen LogP contribution in [0.3, 0.4) is 0 Å². The van der Waals surface area contributed by atoms with E-state index in [1.807, 2.05) is 55.5 Å². The minimum Gasteiger partial charge on any atom is -0.307 e. The summed E-state index contributed by atoms with van der Waals surface area (Å²) in [5.41, 5.74) is 4.35. The maximum absolute atomic E-state index is 14.3. The van der Waals surface area contributed by atoms with Gasteiger partial charge in [0, 0.05) is 11.6 Å². The zero-order chi connectivity index (χ0) is 21.0. The zero-order valence-corrected chi connectivity index (χ0v) is 18.1. The summed E-state index contributed by atoms with van der Waals surface area (Å²) in [5.74, 6) is 0.168. The van der Waals surface area contributed by atoms with E-state index in [1.54, 1.807) is 0 Å². The van der Waals surface area contributed by atoms with E-state index < -0.39 is 5.41 Å². The van der Waals surface area contributed by atoms with Crippen molar-refractivity contribution in [2.24, 2.45) is 0 Å². The summed E-state index contributed by atoms with van der Waals surface area (Å²) in [4.78, 5) is 16.5. The molecule has 0 spiro atoms. The van der Waals surface area contributed by atoms with E-state index >= 15 is 0 Å². The minimum atomic E-state index is -0.744. The van der Waals surface area contributed by atoms with Crippen LogP contribution in [0.2, 0.25) is 0 Å². The Morgan fingerprint density at radius 1 is 0.862 bits per heavy atom. The number of Topliss-reactive ketones (excluding diaryl/α,β-unsaturated/α-hetero) is 1. The molecule has 0 radical (unpaired) electrons. The molecule has 0 N–H and O–H groups in total. The van der Waals surface area contributed by atoms with E-state index in [2.05, 4.69) is 63.2 Å². The molecule has 29 heavy (non-hydrogen) atoms. The van der Waals surface area contributed by atoms with Gasteiger partial charge in [0.15, 0.2) is 5.78 Å². The normalized spacial score (nSPS) is 12.8. The summed E-state index contributed by atoms with van der Waals surface area (Å²) < 4.78 is 0. The van der Waals surface area contributed by atoms with Gasteiger partial charge < -0.3 is 4.90 Å². The van der Waals surface area contributed by atoms with Crippen LogP contribution in [0.5, 0.6) is 0 Å². The molecule has 2 nitrogen and oxygen atoms in total. The monoisotopic (exact) mass is 385 g/mol. The molecule has 0 unspecified atom stereocenters. The van der Waals surface area contributed by atoms with Crippen LogP contribution in [-0.2, 0) is 5.41 Å². The quantitative estimate of drug-likeness (QED) is 0.478. The molecule has 2 heteroatoms. The smallest absolute Gasteiger partial charge is 0.178 e. The van der Waals surface area contributed by atoms with Crippen LogP contribution in [0.15, 0.2) is 78.9 Å². The topological polar surface area (TPSA) is 20.3 Å². The third-order valence-corrected chi connectivity index (χ3v) is 6.03. The van der Waals surface area contributed by atoms with E-state index in [-0.39, 0.29) is 11.8 Å². The van der Waals surface area contributed by atoms with E-state index in [9.17, 15) is 4.79 Å².